The number of esters is 1. The van der Waals surface area contributed by atoms with Crippen LogP contribution in [0.25, 0.3) is 0 Å². The highest BCUT2D eigenvalue weighted by molar-refractivity contribution is 5.94. The Hall–Kier alpha value is -1.88. The third kappa shape index (κ3) is 7.69. The van der Waals surface area contributed by atoms with Gasteiger partial charge in [-0.3, -0.25) is 10.2 Å². The Morgan fingerprint density at radius 2 is 1.64 bits per heavy atom. The van der Waals surface area contributed by atoms with Crippen molar-refractivity contribution in [2.75, 3.05) is 6.61 Å². The van der Waals surface area contributed by atoms with E-state index >= 15 is 0 Å². The molecule has 0 aliphatic carbocycles. The SMILES string of the molecule is CCCCCCCC[C@@](C)(NNC(=O)c1ccccc1)C(=O)OCC. The van der Waals surface area contributed by atoms with Crippen molar-refractivity contribution in [1.29, 1.82) is 0 Å². The normalized spacial score (nSPS) is 13.1. The van der Waals surface area contributed by atoms with Gasteiger partial charge in [-0.1, -0.05) is 63.6 Å². The van der Waals surface area contributed by atoms with E-state index in [9.17, 15) is 9.59 Å². The van der Waals surface area contributed by atoms with E-state index in [2.05, 4.69) is 17.8 Å². The monoisotopic (exact) mass is 348 g/mol. The smallest absolute Gasteiger partial charge is 0.327 e. The van der Waals surface area contributed by atoms with Crippen molar-refractivity contribution < 1.29 is 14.3 Å². The maximum atomic E-state index is 12.3. The first-order chi connectivity index (χ1) is 12.0. The third-order valence-electron chi connectivity index (χ3n) is 4.24. The molecule has 0 aliphatic heterocycles. The molecule has 1 aromatic rings. The molecule has 5 nitrogen and oxygen atoms in total. The average Bonchev–Trinajstić information content (AvgIpc) is 2.63. The molecule has 0 bridgehead atoms. The number of ether oxygens (including phenoxy) is 1. The van der Waals surface area contributed by atoms with Crippen LogP contribution in [0.4, 0.5) is 0 Å². The summed E-state index contributed by atoms with van der Waals surface area (Å²) in [5.74, 6) is -0.601. The third-order valence-corrected chi connectivity index (χ3v) is 4.24. The second-order valence-electron chi connectivity index (χ2n) is 6.52. The van der Waals surface area contributed by atoms with E-state index in [4.69, 9.17) is 4.74 Å². The highest BCUT2D eigenvalue weighted by atomic mass is 16.5. The lowest BCUT2D eigenvalue weighted by molar-refractivity contribution is -0.151. The number of benzene rings is 1. The molecule has 0 radical (unpaired) electrons. The molecule has 140 valence electrons. The molecule has 1 rings (SSSR count). The number of hydrogen-bond donors (Lipinski definition) is 2. The standard InChI is InChI=1S/C20H32N2O3/c1-4-6-7-8-9-13-16-20(3,19(24)25-5-2)22-21-18(23)17-14-11-10-12-15-17/h10-12,14-15,22H,4-9,13,16H2,1-3H3,(H,21,23)/t20-/m1/s1. The summed E-state index contributed by atoms with van der Waals surface area (Å²) in [6, 6.07) is 8.91. The lowest BCUT2D eigenvalue weighted by atomic mass is 9.94. The first-order valence-electron chi connectivity index (χ1n) is 9.33. The number of rotatable bonds is 12. The van der Waals surface area contributed by atoms with Crippen LogP contribution in [0, 0.1) is 0 Å². The molecule has 0 aliphatic rings. The van der Waals surface area contributed by atoms with Crippen LogP contribution in [0.2, 0.25) is 0 Å². The molecular formula is C20H32N2O3. The number of hydrogen-bond acceptors (Lipinski definition) is 4. The van der Waals surface area contributed by atoms with Crippen LogP contribution in [-0.4, -0.2) is 24.0 Å². The fraction of sp³-hybridized carbons (Fsp3) is 0.600. The highest BCUT2D eigenvalue weighted by Gasteiger charge is 2.34. The Kier molecular flexibility index (Phi) is 9.85. The van der Waals surface area contributed by atoms with Gasteiger partial charge < -0.3 is 4.74 Å². The number of hydrazine groups is 1. The molecule has 0 aromatic heterocycles. The molecule has 0 saturated heterocycles. The van der Waals surface area contributed by atoms with Crippen LogP contribution >= 0.6 is 0 Å². The molecule has 0 heterocycles. The van der Waals surface area contributed by atoms with Gasteiger partial charge in [0, 0.05) is 5.56 Å². The molecule has 0 saturated carbocycles. The van der Waals surface area contributed by atoms with Crippen molar-refractivity contribution in [3.63, 3.8) is 0 Å². The Morgan fingerprint density at radius 1 is 1.00 bits per heavy atom. The Morgan fingerprint density at radius 3 is 2.28 bits per heavy atom. The van der Waals surface area contributed by atoms with E-state index in [1.165, 1.54) is 25.7 Å². The highest BCUT2D eigenvalue weighted by Crippen LogP contribution is 2.17. The summed E-state index contributed by atoms with van der Waals surface area (Å²) in [5.41, 5.74) is 5.17. The molecule has 1 aromatic carbocycles. The maximum Gasteiger partial charge on any atom is 0.327 e. The molecule has 25 heavy (non-hydrogen) atoms. The predicted molar refractivity (Wildman–Crippen MR) is 100 cm³/mol. The van der Waals surface area contributed by atoms with Gasteiger partial charge in [-0.25, -0.2) is 10.2 Å². The number of nitrogens with one attached hydrogen (secondary N) is 2. The van der Waals surface area contributed by atoms with Gasteiger partial charge in [-0.15, -0.1) is 0 Å². The van der Waals surface area contributed by atoms with Crippen molar-refractivity contribution in [2.24, 2.45) is 0 Å². The fourth-order valence-electron chi connectivity index (χ4n) is 2.62. The summed E-state index contributed by atoms with van der Waals surface area (Å²) in [7, 11) is 0. The van der Waals surface area contributed by atoms with Crippen molar-refractivity contribution >= 4 is 11.9 Å². The van der Waals surface area contributed by atoms with Crippen molar-refractivity contribution in [3.8, 4) is 0 Å². The van der Waals surface area contributed by atoms with Crippen molar-refractivity contribution in [2.45, 2.75) is 71.3 Å². The summed E-state index contributed by atoms with van der Waals surface area (Å²) in [6.07, 6.45) is 7.46. The van der Waals surface area contributed by atoms with Crippen molar-refractivity contribution in [1.82, 2.24) is 10.9 Å². The zero-order chi connectivity index (χ0) is 18.5. The van der Waals surface area contributed by atoms with Gasteiger partial charge in [0.15, 0.2) is 0 Å². The molecule has 5 heteroatoms. The average molecular weight is 348 g/mol. The lowest BCUT2D eigenvalue weighted by Crippen LogP contribution is -2.57. The number of carbonyl (C=O) groups excluding carboxylic acids is 2. The first kappa shape index (κ1) is 21.2. The van der Waals surface area contributed by atoms with Crippen LogP contribution in [0.5, 0.6) is 0 Å². The topological polar surface area (TPSA) is 67.4 Å². The Balaban J connectivity index is 2.56. The zero-order valence-corrected chi connectivity index (χ0v) is 15.8. The van der Waals surface area contributed by atoms with Gasteiger partial charge in [0.2, 0.25) is 0 Å². The summed E-state index contributed by atoms with van der Waals surface area (Å²) in [5, 5.41) is 0. The maximum absolute atomic E-state index is 12.3. The minimum absolute atomic E-state index is 0.265. The quantitative estimate of drug-likeness (QED) is 0.340. The summed E-state index contributed by atoms with van der Waals surface area (Å²) < 4.78 is 5.19. The molecule has 2 N–H and O–H groups in total. The van der Waals surface area contributed by atoms with E-state index in [-0.39, 0.29) is 11.9 Å². The van der Waals surface area contributed by atoms with Crippen LogP contribution in [0.1, 0.15) is 76.1 Å². The van der Waals surface area contributed by atoms with E-state index in [1.54, 1.807) is 38.1 Å². The van der Waals surface area contributed by atoms with Crippen LogP contribution in [0.3, 0.4) is 0 Å². The van der Waals surface area contributed by atoms with Gasteiger partial charge in [-0.2, -0.15) is 0 Å². The first-order valence-corrected chi connectivity index (χ1v) is 9.33. The molecule has 1 atom stereocenters. The predicted octanol–water partition coefficient (Wildman–Crippen LogP) is 3.99. The summed E-state index contributed by atoms with van der Waals surface area (Å²) in [6.45, 7) is 6.07. The number of amides is 1. The van der Waals surface area contributed by atoms with Gasteiger partial charge in [-0.05, 0) is 32.4 Å². The zero-order valence-electron chi connectivity index (χ0n) is 15.8. The Bertz CT molecular complexity index is 519. The minimum Gasteiger partial charge on any atom is -0.465 e. The second kappa shape index (κ2) is 11.6. The fourth-order valence-corrected chi connectivity index (χ4v) is 2.62. The molecule has 0 spiro atoms. The van der Waals surface area contributed by atoms with Gasteiger partial charge >= 0.3 is 5.97 Å². The van der Waals surface area contributed by atoms with Crippen LogP contribution < -0.4 is 10.9 Å². The minimum atomic E-state index is -0.925. The van der Waals surface area contributed by atoms with Gasteiger partial charge in [0.25, 0.3) is 5.91 Å². The lowest BCUT2D eigenvalue weighted by Gasteiger charge is -2.28. The van der Waals surface area contributed by atoms with Gasteiger partial charge in [0.1, 0.15) is 5.54 Å². The molecule has 0 unspecified atom stereocenters. The number of carbonyl (C=O) groups is 2. The van der Waals surface area contributed by atoms with E-state index in [0.717, 1.165) is 12.8 Å². The largest absolute Gasteiger partial charge is 0.465 e. The Labute approximate surface area is 151 Å². The molecule has 1 amide bonds. The molecular weight excluding hydrogens is 316 g/mol. The van der Waals surface area contributed by atoms with Gasteiger partial charge in [0.05, 0.1) is 6.61 Å². The summed E-state index contributed by atoms with van der Waals surface area (Å²) >= 11 is 0. The van der Waals surface area contributed by atoms with Crippen LogP contribution in [0.15, 0.2) is 30.3 Å². The van der Waals surface area contributed by atoms with E-state index in [0.29, 0.717) is 18.6 Å². The second-order valence-corrected chi connectivity index (χ2v) is 6.52. The van der Waals surface area contributed by atoms with E-state index in [1.807, 2.05) is 6.07 Å². The molecule has 0 fully saturated rings. The van der Waals surface area contributed by atoms with Crippen molar-refractivity contribution in [3.05, 3.63) is 35.9 Å². The van der Waals surface area contributed by atoms with Crippen LogP contribution in [-0.2, 0) is 9.53 Å². The summed E-state index contributed by atoms with van der Waals surface area (Å²) in [4.78, 5) is 24.5. The van der Waals surface area contributed by atoms with E-state index < -0.39 is 5.54 Å². The number of unbranched alkanes of at least 4 members (excludes halogenated alkanes) is 5.